The minimum atomic E-state index is -4.11. The number of nitrogens with zero attached hydrogens (tertiary/aromatic N) is 1. The van der Waals surface area contributed by atoms with Gasteiger partial charge in [0.15, 0.2) is 0 Å². The molecule has 0 radical (unpaired) electrons. The summed E-state index contributed by atoms with van der Waals surface area (Å²) < 4.78 is 36.2. The molecule has 0 bridgehead atoms. The van der Waals surface area contributed by atoms with Crippen LogP contribution in [0.25, 0.3) is 6.08 Å². The van der Waals surface area contributed by atoms with Crippen molar-refractivity contribution in [1.29, 1.82) is 5.26 Å². The van der Waals surface area contributed by atoms with E-state index in [9.17, 15) is 18.5 Å². The zero-order chi connectivity index (χ0) is 23.1. The number of ether oxygens (including phenoxy) is 1. The van der Waals surface area contributed by atoms with Crippen LogP contribution in [0, 0.1) is 11.3 Å². The molecule has 3 aromatic carbocycles. The molecule has 0 aliphatic rings. The van der Waals surface area contributed by atoms with E-state index in [0.717, 1.165) is 0 Å². The average molecular weight is 513 g/mol. The number of carbonyl (C=O) groups is 1. The van der Waals surface area contributed by atoms with Crippen LogP contribution in [0.2, 0.25) is 0 Å². The minimum absolute atomic E-state index is 0.0180. The van der Waals surface area contributed by atoms with E-state index in [1.54, 1.807) is 54.6 Å². The van der Waals surface area contributed by atoms with Gasteiger partial charge in [0.05, 0.1) is 7.11 Å². The van der Waals surface area contributed by atoms with Gasteiger partial charge in [0, 0.05) is 15.7 Å². The molecule has 0 aliphatic carbocycles. The molecule has 0 fully saturated rings. The molecule has 0 saturated heterocycles. The maximum absolute atomic E-state index is 12.6. The number of methoxy groups -OCH3 is 1. The Morgan fingerprint density at radius 2 is 1.75 bits per heavy atom. The van der Waals surface area contributed by atoms with Crippen molar-refractivity contribution in [1.82, 2.24) is 0 Å². The van der Waals surface area contributed by atoms with Crippen molar-refractivity contribution in [2.75, 3.05) is 12.4 Å². The van der Waals surface area contributed by atoms with Crippen LogP contribution >= 0.6 is 15.9 Å². The first-order valence-corrected chi connectivity index (χ1v) is 11.4. The molecule has 1 amide bonds. The fourth-order valence-electron chi connectivity index (χ4n) is 2.64. The van der Waals surface area contributed by atoms with Crippen LogP contribution in [0.3, 0.4) is 0 Å². The van der Waals surface area contributed by atoms with Crippen LogP contribution in [0.1, 0.15) is 5.56 Å². The third-order valence-electron chi connectivity index (χ3n) is 4.22. The van der Waals surface area contributed by atoms with Crippen molar-refractivity contribution in [3.05, 3.63) is 88.4 Å². The van der Waals surface area contributed by atoms with E-state index < -0.39 is 16.0 Å². The van der Waals surface area contributed by atoms with E-state index in [4.69, 9.17) is 8.92 Å². The highest BCUT2D eigenvalue weighted by Crippen LogP contribution is 2.28. The summed E-state index contributed by atoms with van der Waals surface area (Å²) in [6.07, 6.45) is 1.26. The first-order valence-electron chi connectivity index (χ1n) is 9.18. The van der Waals surface area contributed by atoms with Crippen molar-refractivity contribution in [2.24, 2.45) is 0 Å². The summed E-state index contributed by atoms with van der Waals surface area (Å²) >= 11 is 3.31. The standard InChI is InChI=1S/C23H17BrN2O5S/c1-30-20-10-8-19(9-11-20)26-23(27)17(15-25)13-16-14-18(24)7-12-22(16)31-32(28,29)21-5-3-2-4-6-21/h2-14H,1H3,(H,26,27)/b17-13+. The lowest BCUT2D eigenvalue weighted by molar-refractivity contribution is -0.112. The van der Waals surface area contributed by atoms with Crippen LogP contribution in [-0.2, 0) is 14.9 Å². The zero-order valence-electron chi connectivity index (χ0n) is 16.8. The molecule has 0 saturated carbocycles. The molecule has 0 aliphatic heterocycles. The second-order valence-electron chi connectivity index (χ2n) is 6.39. The van der Waals surface area contributed by atoms with Gasteiger partial charge in [-0.1, -0.05) is 34.1 Å². The van der Waals surface area contributed by atoms with Gasteiger partial charge in [-0.3, -0.25) is 4.79 Å². The van der Waals surface area contributed by atoms with Crippen LogP contribution in [0.5, 0.6) is 11.5 Å². The van der Waals surface area contributed by atoms with E-state index in [-0.39, 0.29) is 21.8 Å². The Morgan fingerprint density at radius 3 is 2.38 bits per heavy atom. The van der Waals surface area contributed by atoms with Gasteiger partial charge in [0.25, 0.3) is 5.91 Å². The lowest BCUT2D eigenvalue weighted by atomic mass is 10.1. The smallest absolute Gasteiger partial charge is 0.339 e. The Bertz CT molecular complexity index is 1300. The Balaban J connectivity index is 1.91. The molecular weight excluding hydrogens is 496 g/mol. The first-order chi connectivity index (χ1) is 15.3. The molecule has 0 atom stereocenters. The third-order valence-corrected chi connectivity index (χ3v) is 5.96. The minimum Gasteiger partial charge on any atom is -0.497 e. The molecule has 9 heteroatoms. The van der Waals surface area contributed by atoms with E-state index in [1.807, 2.05) is 6.07 Å². The van der Waals surface area contributed by atoms with Crippen molar-refractivity contribution in [2.45, 2.75) is 4.90 Å². The van der Waals surface area contributed by atoms with E-state index >= 15 is 0 Å². The van der Waals surface area contributed by atoms with Gasteiger partial charge in [-0.15, -0.1) is 0 Å². The Morgan fingerprint density at radius 1 is 1.06 bits per heavy atom. The van der Waals surface area contributed by atoms with Gasteiger partial charge in [0.2, 0.25) is 0 Å². The number of nitrogens with one attached hydrogen (secondary N) is 1. The number of hydrogen-bond donors (Lipinski definition) is 1. The number of anilines is 1. The second-order valence-corrected chi connectivity index (χ2v) is 8.85. The molecule has 32 heavy (non-hydrogen) atoms. The van der Waals surface area contributed by atoms with E-state index in [0.29, 0.717) is 15.9 Å². The van der Waals surface area contributed by atoms with Gasteiger partial charge in [-0.25, -0.2) is 0 Å². The second kappa shape index (κ2) is 10.1. The lowest BCUT2D eigenvalue weighted by Crippen LogP contribution is -2.14. The first kappa shape index (κ1) is 23.1. The van der Waals surface area contributed by atoms with Gasteiger partial charge in [0.1, 0.15) is 28.0 Å². The molecule has 1 N–H and O–H groups in total. The topological polar surface area (TPSA) is 105 Å². The number of nitriles is 1. The number of halogens is 1. The number of benzene rings is 3. The fourth-order valence-corrected chi connectivity index (χ4v) is 3.99. The molecule has 0 aromatic heterocycles. The maximum atomic E-state index is 12.6. The summed E-state index contributed by atoms with van der Waals surface area (Å²) in [5, 5.41) is 12.1. The van der Waals surface area contributed by atoms with Crippen molar-refractivity contribution >= 4 is 43.7 Å². The predicted octanol–water partition coefficient (Wildman–Crippen LogP) is 4.77. The van der Waals surface area contributed by atoms with Crippen LogP contribution < -0.4 is 14.2 Å². The molecule has 0 heterocycles. The predicted molar refractivity (Wildman–Crippen MR) is 124 cm³/mol. The number of rotatable bonds is 7. The zero-order valence-corrected chi connectivity index (χ0v) is 19.2. The van der Waals surface area contributed by atoms with Gasteiger partial charge < -0.3 is 14.2 Å². The van der Waals surface area contributed by atoms with Crippen LogP contribution in [0.15, 0.2) is 87.7 Å². The highest BCUT2D eigenvalue weighted by atomic mass is 79.9. The third kappa shape index (κ3) is 5.75. The fraction of sp³-hybridized carbons (Fsp3) is 0.0435. The molecular formula is C23H17BrN2O5S. The molecule has 7 nitrogen and oxygen atoms in total. The van der Waals surface area contributed by atoms with Gasteiger partial charge in [-0.2, -0.15) is 13.7 Å². The SMILES string of the molecule is COc1ccc(NC(=O)/C(C#N)=C/c2cc(Br)ccc2OS(=O)(=O)c2ccccc2)cc1. The van der Waals surface area contributed by atoms with Crippen LogP contribution in [0.4, 0.5) is 5.69 Å². The number of amides is 1. The number of carbonyl (C=O) groups excluding carboxylic acids is 1. The summed E-state index contributed by atoms with van der Waals surface area (Å²) in [5.74, 6) is -0.0637. The van der Waals surface area contributed by atoms with Gasteiger partial charge >= 0.3 is 10.1 Å². The average Bonchev–Trinajstić information content (AvgIpc) is 2.80. The Labute approximate surface area is 194 Å². The summed E-state index contributed by atoms with van der Waals surface area (Å²) in [6, 6.07) is 20.7. The summed E-state index contributed by atoms with van der Waals surface area (Å²) in [5.41, 5.74) is 0.468. The summed E-state index contributed by atoms with van der Waals surface area (Å²) in [4.78, 5) is 12.6. The van der Waals surface area contributed by atoms with E-state index in [1.165, 1.54) is 31.4 Å². The van der Waals surface area contributed by atoms with Crippen molar-refractivity contribution in [3.63, 3.8) is 0 Å². The largest absolute Gasteiger partial charge is 0.497 e. The molecule has 3 rings (SSSR count). The summed E-state index contributed by atoms with van der Waals surface area (Å²) in [7, 11) is -2.58. The summed E-state index contributed by atoms with van der Waals surface area (Å²) in [6.45, 7) is 0. The Kier molecular flexibility index (Phi) is 7.30. The maximum Gasteiger partial charge on any atom is 0.339 e. The molecule has 3 aromatic rings. The molecule has 0 unspecified atom stereocenters. The lowest BCUT2D eigenvalue weighted by Gasteiger charge is -2.11. The normalized spacial score (nSPS) is 11.3. The highest BCUT2D eigenvalue weighted by molar-refractivity contribution is 9.10. The monoisotopic (exact) mass is 512 g/mol. The van der Waals surface area contributed by atoms with Crippen molar-refractivity contribution in [3.8, 4) is 17.6 Å². The molecule has 0 spiro atoms. The molecule has 162 valence electrons. The van der Waals surface area contributed by atoms with E-state index in [2.05, 4.69) is 21.2 Å². The highest BCUT2D eigenvalue weighted by Gasteiger charge is 2.19. The van der Waals surface area contributed by atoms with Crippen molar-refractivity contribution < 1.29 is 22.1 Å². The Hall–Kier alpha value is -3.61. The van der Waals surface area contributed by atoms with Gasteiger partial charge in [-0.05, 0) is 60.7 Å². The number of hydrogen-bond acceptors (Lipinski definition) is 6. The quantitative estimate of drug-likeness (QED) is 0.277. The van der Waals surface area contributed by atoms with Crippen LogP contribution in [-0.4, -0.2) is 21.4 Å².